The van der Waals surface area contributed by atoms with Gasteiger partial charge < -0.3 is 4.57 Å². The highest BCUT2D eigenvalue weighted by atomic mass is 19.4. The predicted molar refractivity (Wildman–Crippen MR) is 135 cm³/mol. The van der Waals surface area contributed by atoms with E-state index in [-0.39, 0.29) is 12.1 Å². The molecule has 0 aliphatic heterocycles. The van der Waals surface area contributed by atoms with Gasteiger partial charge in [0, 0.05) is 31.0 Å². The number of fused-ring (bicyclic) bond motifs is 2. The molecule has 2 aromatic heterocycles. The van der Waals surface area contributed by atoms with Gasteiger partial charge in [-0.3, -0.25) is 14.7 Å². The van der Waals surface area contributed by atoms with Crippen molar-refractivity contribution in [2.24, 2.45) is 0 Å². The zero-order chi connectivity index (χ0) is 25.3. The Kier molecular flexibility index (Phi) is 6.67. The highest BCUT2D eigenvalue weighted by molar-refractivity contribution is 5.82. The fourth-order valence-electron chi connectivity index (χ4n) is 5.08. The Morgan fingerprint density at radius 2 is 1.69 bits per heavy atom. The van der Waals surface area contributed by atoms with E-state index in [0.29, 0.717) is 24.2 Å². The fourth-order valence-corrected chi connectivity index (χ4v) is 5.08. The highest BCUT2D eigenvalue weighted by Gasteiger charge is 2.30. The minimum atomic E-state index is -4.43. The first-order chi connectivity index (χ1) is 17.3. The summed E-state index contributed by atoms with van der Waals surface area (Å²) in [5.41, 5.74) is 4.63. The van der Waals surface area contributed by atoms with Gasteiger partial charge in [-0.05, 0) is 95.9 Å². The van der Waals surface area contributed by atoms with E-state index >= 15 is 0 Å². The Labute approximate surface area is 208 Å². The summed E-state index contributed by atoms with van der Waals surface area (Å²) < 4.78 is 41.7. The molecule has 0 saturated carbocycles. The van der Waals surface area contributed by atoms with Gasteiger partial charge in [0.2, 0.25) is 0 Å². The molecule has 0 saturated heterocycles. The molecule has 0 atom stereocenters. The summed E-state index contributed by atoms with van der Waals surface area (Å²) in [6, 6.07) is 15.3. The van der Waals surface area contributed by atoms with E-state index in [1.807, 2.05) is 18.2 Å². The van der Waals surface area contributed by atoms with Crippen LogP contribution >= 0.6 is 0 Å². The second kappa shape index (κ2) is 9.90. The summed E-state index contributed by atoms with van der Waals surface area (Å²) in [6.45, 7) is 4.01. The van der Waals surface area contributed by atoms with Gasteiger partial charge in [-0.1, -0.05) is 19.1 Å². The monoisotopic (exact) mass is 491 g/mol. The molecule has 0 bridgehead atoms. The van der Waals surface area contributed by atoms with Crippen LogP contribution in [0, 0.1) is 0 Å². The minimum Gasteiger partial charge on any atom is -0.304 e. The van der Waals surface area contributed by atoms with E-state index in [4.69, 9.17) is 0 Å². The van der Waals surface area contributed by atoms with Crippen LogP contribution in [0.5, 0.6) is 0 Å². The number of hydrogen-bond acceptors (Lipinski definition) is 3. The molecule has 7 heteroatoms. The molecule has 0 amide bonds. The number of aryl methyl sites for hydroxylation is 2. The number of aromatic nitrogens is 2. The summed E-state index contributed by atoms with van der Waals surface area (Å²) >= 11 is 0. The molecule has 2 heterocycles. The van der Waals surface area contributed by atoms with Crippen LogP contribution in [-0.2, 0) is 38.7 Å². The van der Waals surface area contributed by atoms with Crippen LogP contribution in [0.3, 0.4) is 0 Å². The fraction of sp³-hybridized carbons (Fsp3) is 0.310. The van der Waals surface area contributed by atoms with Crippen LogP contribution in [0.4, 0.5) is 13.2 Å². The number of nitrogens with zero attached hydrogens (tertiary/aromatic N) is 3. The molecule has 0 unspecified atom stereocenters. The van der Waals surface area contributed by atoms with E-state index in [2.05, 4.69) is 28.9 Å². The molecular weight excluding hydrogens is 463 g/mol. The highest BCUT2D eigenvalue weighted by Crippen LogP contribution is 2.31. The van der Waals surface area contributed by atoms with E-state index in [1.54, 1.807) is 23.0 Å². The second-order valence-electron chi connectivity index (χ2n) is 9.45. The zero-order valence-electron chi connectivity index (χ0n) is 20.2. The van der Waals surface area contributed by atoms with Crippen molar-refractivity contribution in [3.8, 4) is 0 Å². The van der Waals surface area contributed by atoms with Crippen LogP contribution < -0.4 is 5.56 Å². The molecule has 4 nitrogen and oxygen atoms in total. The smallest absolute Gasteiger partial charge is 0.304 e. The first-order valence-electron chi connectivity index (χ1n) is 12.3. The van der Waals surface area contributed by atoms with Crippen molar-refractivity contribution in [2.75, 3.05) is 6.54 Å². The summed E-state index contributed by atoms with van der Waals surface area (Å²) in [7, 11) is 0. The maximum absolute atomic E-state index is 13.8. The van der Waals surface area contributed by atoms with Crippen molar-refractivity contribution in [2.45, 2.75) is 52.0 Å². The first-order valence-corrected chi connectivity index (χ1v) is 12.3. The Balaban J connectivity index is 1.57. The van der Waals surface area contributed by atoms with Crippen LogP contribution in [0.15, 0.2) is 71.8 Å². The van der Waals surface area contributed by atoms with E-state index in [0.717, 1.165) is 54.4 Å². The van der Waals surface area contributed by atoms with Crippen molar-refractivity contribution in [1.29, 1.82) is 0 Å². The molecule has 2 aromatic carbocycles. The van der Waals surface area contributed by atoms with Crippen molar-refractivity contribution in [3.63, 3.8) is 0 Å². The Morgan fingerprint density at radius 1 is 0.944 bits per heavy atom. The summed E-state index contributed by atoms with van der Waals surface area (Å²) in [5, 5.41) is 0.956. The van der Waals surface area contributed by atoms with E-state index in [9.17, 15) is 18.0 Å². The molecule has 0 spiro atoms. The number of alkyl halides is 3. The van der Waals surface area contributed by atoms with E-state index in [1.165, 1.54) is 17.2 Å². The average Bonchev–Trinajstić information content (AvgIpc) is 3.32. The van der Waals surface area contributed by atoms with Gasteiger partial charge in [0.05, 0.1) is 17.6 Å². The normalized spacial score (nSPS) is 13.5. The van der Waals surface area contributed by atoms with Crippen LogP contribution in [0.2, 0.25) is 0 Å². The number of halogens is 3. The number of benzene rings is 2. The maximum Gasteiger partial charge on any atom is 0.416 e. The third kappa shape index (κ3) is 5.07. The van der Waals surface area contributed by atoms with Crippen LogP contribution in [-0.4, -0.2) is 21.0 Å². The summed E-state index contributed by atoms with van der Waals surface area (Å²) in [4.78, 5) is 20.0. The Hall–Kier alpha value is -3.45. The van der Waals surface area contributed by atoms with Gasteiger partial charge in [-0.15, -0.1) is 0 Å². The van der Waals surface area contributed by atoms with Crippen LogP contribution in [0.25, 0.3) is 10.9 Å². The number of pyridine rings is 2. The van der Waals surface area contributed by atoms with Crippen molar-refractivity contribution >= 4 is 10.9 Å². The molecular formula is C29H28F3N3O. The zero-order valence-corrected chi connectivity index (χ0v) is 20.2. The van der Waals surface area contributed by atoms with Gasteiger partial charge >= 0.3 is 6.18 Å². The van der Waals surface area contributed by atoms with Gasteiger partial charge in [0.25, 0.3) is 5.56 Å². The summed E-state index contributed by atoms with van der Waals surface area (Å²) in [6.07, 6.45) is 2.12. The Bertz CT molecular complexity index is 1440. The standard InChI is InChI=1S/C29H28F3N3O/c1-2-34(17-20-9-11-33-12-10-20)19-25-15-24-14-22-6-4-7-23(22)16-27(24)35(28(25)36)18-21-5-3-8-26(13-21)29(30,31)32/h3,5,8-16H,2,4,6-7,17-19H2,1H3. The molecule has 0 N–H and O–H groups in total. The topological polar surface area (TPSA) is 38.1 Å². The number of hydrogen-bond donors (Lipinski definition) is 0. The molecule has 4 aromatic rings. The number of rotatable bonds is 7. The minimum absolute atomic E-state index is 0.0857. The van der Waals surface area contributed by atoms with Crippen LogP contribution in [0.1, 0.15) is 46.7 Å². The lowest BCUT2D eigenvalue weighted by atomic mass is 10.0. The lowest BCUT2D eigenvalue weighted by Crippen LogP contribution is -2.30. The van der Waals surface area contributed by atoms with Crippen molar-refractivity contribution in [3.05, 3.63) is 111 Å². The molecule has 0 fully saturated rings. The first kappa shape index (κ1) is 24.3. The maximum atomic E-state index is 13.8. The Morgan fingerprint density at radius 3 is 2.42 bits per heavy atom. The van der Waals surface area contributed by atoms with Crippen molar-refractivity contribution in [1.82, 2.24) is 14.5 Å². The van der Waals surface area contributed by atoms with E-state index < -0.39 is 11.7 Å². The largest absolute Gasteiger partial charge is 0.416 e. The summed E-state index contributed by atoms with van der Waals surface area (Å²) in [5.74, 6) is 0. The van der Waals surface area contributed by atoms with Gasteiger partial charge in [-0.2, -0.15) is 13.2 Å². The van der Waals surface area contributed by atoms with Gasteiger partial charge in [0.1, 0.15) is 0 Å². The molecule has 36 heavy (non-hydrogen) atoms. The van der Waals surface area contributed by atoms with Crippen molar-refractivity contribution < 1.29 is 13.2 Å². The molecule has 186 valence electrons. The molecule has 0 radical (unpaired) electrons. The van der Waals surface area contributed by atoms with Gasteiger partial charge in [0.15, 0.2) is 0 Å². The molecule has 1 aliphatic rings. The predicted octanol–water partition coefficient (Wildman–Crippen LogP) is 5.97. The molecule has 1 aliphatic carbocycles. The average molecular weight is 492 g/mol. The third-order valence-corrected chi connectivity index (χ3v) is 6.97. The lowest BCUT2D eigenvalue weighted by Gasteiger charge is -2.22. The molecule has 5 rings (SSSR count). The van der Waals surface area contributed by atoms with Gasteiger partial charge in [-0.25, -0.2) is 0 Å². The second-order valence-corrected chi connectivity index (χ2v) is 9.45. The quantitative estimate of drug-likeness (QED) is 0.320. The SMILES string of the molecule is CCN(Cc1ccncc1)Cc1cc2cc3c(cc2n(Cc2cccc(C(F)(F)F)c2)c1=O)CCC3. The third-order valence-electron chi connectivity index (χ3n) is 6.97. The lowest BCUT2D eigenvalue weighted by molar-refractivity contribution is -0.137.